The molecular weight excluding hydrogens is 262 g/mol. The number of hydrogen-bond donors (Lipinski definition) is 1. The molecule has 0 spiro atoms. The lowest BCUT2D eigenvalue weighted by Gasteiger charge is -2.14. The quantitative estimate of drug-likeness (QED) is 0.900. The summed E-state index contributed by atoms with van der Waals surface area (Å²) in [5.41, 5.74) is 1.52. The van der Waals surface area contributed by atoms with Crippen LogP contribution in [-0.4, -0.2) is 34.9 Å². The first-order valence-electron chi connectivity index (χ1n) is 5.86. The minimum absolute atomic E-state index is 0.0338. The number of nitrogens with one attached hydrogen (secondary N) is 1. The molecule has 0 aliphatic carbocycles. The molecule has 1 fully saturated rings. The number of carbonyl (C=O) groups excluding carboxylic acids is 2. The predicted octanol–water partition coefficient (Wildman–Crippen LogP) is 1.34. The van der Waals surface area contributed by atoms with Gasteiger partial charge in [0.1, 0.15) is 6.54 Å². The number of carbonyl (C=O) groups is 2. The number of amides is 2. The van der Waals surface area contributed by atoms with Crippen molar-refractivity contribution in [3.05, 3.63) is 35.4 Å². The highest BCUT2D eigenvalue weighted by molar-refractivity contribution is 8.13. The number of benzene rings is 1. The van der Waals surface area contributed by atoms with Crippen LogP contribution in [0.2, 0.25) is 0 Å². The summed E-state index contributed by atoms with van der Waals surface area (Å²) in [6, 6.07) is 9.06. The van der Waals surface area contributed by atoms with Crippen LogP contribution in [0.5, 0.6) is 0 Å². The van der Waals surface area contributed by atoms with Gasteiger partial charge in [0.2, 0.25) is 5.91 Å². The summed E-state index contributed by atoms with van der Waals surface area (Å²) in [6.07, 6.45) is 0. The Morgan fingerprint density at radius 1 is 1.42 bits per heavy atom. The van der Waals surface area contributed by atoms with Gasteiger partial charge in [-0.25, -0.2) is 0 Å². The van der Waals surface area contributed by atoms with Crippen molar-refractivity contribution in [1.29, 1.82) is 5.26 Å². The zero-order valence-electron chi connectivity index (χ0n) is 10.3. The molecular formula is C13H13N3O2S. The van der Waals surface area contributed by atoms with E-state index in [0.29, 0.717) is 18.7 Å². The molecule has 2 rings (SSSR count). The van der Waals surface area contributed by atoms with Crippen molar-refractivity contribution >= 4 is 22.9 Å². The molecule has 0 atom stereocenters. The van der Waals surface area contributed by atoms with E-state index in [-0.39, 0.29) is 17.7 Å². The lowest BCUT2D eigenvalue weighted by atomic mass is 10.1. The Balaban J connectivity index is 1.79. The van der Waals surface area contributed by atoms with Gasteiger partial charge in [0, 0.05) is 18.8 Å². The molecule has 1 aromatic rings. The largest absolute Gasteiger partial charge is 0.350 e. The molecule has 6 heteroatoms. The van der Waals surface area contributed by atoms with Crippen molar-refractivity contribution in [2.75, 3.05) is 18.8 Å². The van der Waals surface area contributed by atoms with E-state index < -0.39 is 0 Å². The van der Waals surface area contributed by atoms with Gasteiger partial charge in [-0.15, -0.1) is 0 Å². The lowest BCUT2D eigenvalue weighted by Crippen LogP contribution is -2.36. The van der Waals surface area contributed by atoms with Gasteiger partial charge in [-0.1, -0.05) is 23.9 Å². The zero-order chi connectivity index (χ0) is 13.7. The molecule has 1 heterocycles. The highest BCUT2D eigenvalue weighted by atomic mass is 32.2. The SMILES string of the molecule is N#Cc1ccc(CNC(=O)CN2CCSC2=O)cc1. The van der Waals surface area contributed by atoms with Gasteiger partial charge in [-0.2, -0.15) is 5.26 Å². The normalized spacial score (nSPS) is 14.3. The Morgan fingerprint density at radius 2 is 2.16 bits per heavy atom. The molecule has 2 amide bonds. The van der Waals surface area contributed by atoms with Gasteiger partial charge in [0.05, 0.1) is 11.6 Å². The Labute approximate surface area is 115 Å². The van der Waals surface area contributed by atoms with Crippen molar-refractivity contribution in [1.82, 2.24) is 10.2 Å². The lowest BCUT2D eigenvalue weighted by molar-refractivity contribution is -0.121. The van der Waals surface area contributed by atoms with Crippen LogP contribution in [0.15, 0.2) is 24.3 Å². The van der Waals surface area contributed by atoms with Crippen molar-refractivity contribution < 1.29 is 9.59 Å². The summed E-state index contributed by atoms with van der Waals surface area (Å²) in [5.74, 6) is 0.585. The van der Waals surface area contributed by atoms with E-state index in [4.69, 9.17) is 5.26 Å². The maximum atomic E-state index is 11.7. The van der Waals surface area contributed by atoms with Gasteiger partial charge < -0.3 is 10.2 Å². The first-order chi connectivity index (χ1) is 9.19. The number of rotatable bonds is 4. The average molecular weight is 275 g/mol. The molecule has 1 aromatic carbocycles. The average Bonchev–Trinajstić information content (AvgIpc) is 2.82. The second-order valence-electron chi connectivity index (χ2n) is 4.12. The summed E-state index contributed by atoms with van der Waals surface area (Å²) in [7, 11) is 0. The molecule has 0 radical (unpaired) electrons. The van der Waals surface area contributed by atoms with E-state index in [0.717, 1.165) is 11.3 Å². The van der Waals surface area contributed by atoms with E-state index >= 15 is 0 Å². The van der Waals surface area contributed by atoms with Gasteiger partial charge in [0.15, 0.2) is 0 Å². The van der Waals surface area contributed by atoms with Crippen molar-refractivity contribution in [3.63, 3.8) is 0 Å². The Kier molecular flexibility index (Phi) is 4.42. The monoisotopic (exact) mass is 275 g/mol. The first kappa shape index (κ1) is 13.4. The smallest absolute Gasteiger partial charge is 0.282 e. The van der Waals surface area contributed by atoms with Crippen LogP contribution in [0.4, 0.5) is 4.79 Å². The molecule has 19 heavy (non-hydrogen) atoms. The van der Waals surface area contributed by atoms with Crippen molar-refractivity contribution in [2.24, 2.45) is 0 Å². The van der Waals surface area contributed by atoms with E-state index in [1.54, 1.807) is 29.2 Å². The molecule has 1 N–H and O–H groups in total. The fourth-order valence-corrected chi connectivity index (χ4v) is 2.52. The molecule has 1 aliphatic heterocycles. The van der Waals surface area contributed by atoms with E-state index in [1.165, 1.54) is 11.8 Å². The molecule has 1 saturated heterocycles. The molecule has 0 unspecified atom stereocenters. The Morgan fingerprint density at radius 3 is 2.74 bits per heavy atom. The van der Waals surface area contributed by atoms with Gasteiger partial charge in [0.25, 0.3) is 5.24 Å². The van der Waals surface area contributed by atoms with E-state index in [1.807, 2.05) is 6.07 Å². The van der Waals surface area contributed by atoms with Crippen LogP contribution < -0.4 is 5.32 Å². The highest BCUT2D eigenvalue weighted by Crippen LogP contribution is 2.16. The molecule has 1 aliphatic rings. The zero-order valence-corrected chi connectivity index (χ0v) is 11.1. The number of nitriles is 1. The fourth-order valence-electron chi connectivity index (χ4n) is 1.70. The van der Waals surface area contributed by atoms with Crippen LogP contribution in [0, 0.1) is 11.3 Å². The van der Waals surface area contributed by atoms with Crippen LogP contribution in [0.3, 0.4) is 0 Å². The molecule has 0 saturated carbocycles. The summed E-state index contributed by atoms with van der Waals surface area (Å²) in [5, 5.41) is 11.4. The Bertz CT molecular complexity index is 522. The van der Waals surface area contributed by atoms with Crippen molar-refractivity contribution in [3.8, 4) is 6.07 Å². The minimum Gasteiger partial charge on any atom is -0.350 e. The second kappa shape index (κ2) is 6.25. The molecule has 5 nitrogen and oxygen atoms in total. The summed E-state index contributed by atoms with van der Waals surface area (Å²) in [6.45, 7) is 1.15. The summed E-state index contributed by atoms with van der Waals surface area (Å²) >= 11 is 1.24. The maximum Gasteiger partial charge on any atom is 0.282 e. The van der Waals surface area contributed by atoms with E-state index in [2.05, 4.69) is 5.32 Å². The predicted molar refractivity (Wildman–Crippen MR) is 72.4 cm³/mol. The van der Waals surface area contributed by atoms with Gasteiger partial charge in [-0.3, -0.25) is 9.59 Å². The summed E-state index contributed by atoms with van der Waals surface area (Å²) < 4.78 is 0. The van der Waals surface area contributed by atoms with Crippen LogP contribution in [0.1, 0.15) is 11.1 Å². The summed E-state index contributed by atoms with van der Waals surface area (Å²) in [4.78, 5) is 24.5. The number of hydrogen-bond acceptors (Lipinski definition) is 4. The number of nitrogens with zero attached hydrogens (tertiary/aromatic N) is 2. The third-order valence-corrected chi connectivity index (χ3v) is 3.64. The third kappa shape index (κ3) is 3.73. The molecule has 0 aromatic heterocycles. The van der Waals surface area contributed by atoms with Crippen molar-refractivity contribution in [2.45, 2.75) is 6.54 Å². The number of thioether (sulfide) groups is 1. The second-order valence-corrected chi connectivity index (χ2v) is 5.17. The fraction of sp³-hybridized carbons (Fsp3) is 0.308. The van der Waals surface area contributed by atoms with E-state index in [9.17, 15) is 9.59 Å². The third-order valence-electron chi connectivity index (χ3n) is 2.75. The van der Waals surface area contributed by atoms with Crippen LogP contribution >= 0.6 is 11.8 Å². The van der Waals surface area contributed by atoms with Gasteiger partial charge in [-0.05, 0) is 17.7 Å². The highest BCUT2D eigenvalue weighted by Gasteiger charge is 2.22. The maximum absolute atomic E-state index is 11.7. The first-order valence-corrected chi connectivity index (χ1v) is 6.85. The van der Waals surface area contributed by atoms with Gasteiger partial charge >= 0.3 is 0 Å². The molecule has 98 valence electrons. The topological polar surface area (TPSA) is 73.2 Å². The van der Waals surface area contributed by atoms with Crippen LogP contribution in [-0.2, 0) is 11.3 Å². The molecule has 0 bridgehead atoms. The minimum atomic E-state index is -0.166. The Hall–Kier alpha value is -2.00. The van der Waals surface area contributed by atoms with Crippen LogP contribution in [0.25, 0.3) is 0 Å². The standard InChI is InChI=1S/C13H13N3O2S/c14-7-10-1-3-11(4-2-10)8-15-12(17)9-16-5-6-19-13(16)18/h1-4H,5-6,8-9H2,(H,15,17).